The molecule has 4 rings (SSSR count). The van der Waals surface area contributed by atoms with E-state index in [1.165, 1.54) is 26.2 Å². The fourth-order valence-corrected chi connectivity index (χ4v) is 4.25. The maximum absolute atomic E-state index is 13.6. The highest BCUT2D eigenvalue weighted by molar-refractivity contribution is 5.96. The van der Waals surface area contributed by atoms with Crippen LogP contribution in [0.5, 0.6) is 17.2 Å². The van der Waals surface area contributed by atoms with Crippen LogP contribution in [0.1, 0.15) is 55.2 Å². The second-order valence-corrected chi connectivity index (χ2v) is 10.00. The number of methoxy groups -OCH3 is 1. The van der Waals surface area contributed by atoms with E-state index in [2.05, 4.69) is 4.98 Å². The summed E-state index contributed by atoms with van der Waals surface area (Å²) in [6.07, 6.45) is 0.0956. The lowest BCUT2D eigenvalue weighted by molar-refractivity contribution is -0.118. The molecule has 0 unspecified atom stereocenters. The number of aromatic nitrogens is 1. The van der Waals surface area contributed by atoms with Crippen molar-refractivity contribution >= 4 is 11.6 Å². The van der Waals surface area contributed by atoms with Crippen LogP contribution in [0, 0.1) is 5.82 Å². The van der Waals surface area contributed by atoms with Crippen LogP contribution < -0.4 is 19.9 Å². The van der Waals surface area contributed by atoms with Gasteiger partial charge in [0.15, 0.2) is 28.8 Å². The molecule has 0 radical (unpaired) electrons. The van der Waals surface area contributed by atoms with Crippen LogP contribution in [0.3, 0.4) is 0 Å². The third kappa shape index (κ3) is 5.69. The lowest BCUT2D eigenvalue weighted by Crippen LogP contribution is -2.35. The topological polar surface area (TPSA) is 121 Å². The summed E-state index contributed by atoms with van der Waals surface area (Å²) in [5, 5.41) is 11.4. The van der Waals surface area contributed by atoms with E-state index in [1.54, 1.807) is 43.3 Å². The number of rotatable bonds is 10. The Labute approximate surface area is 220 Å². The maximum Gasteiger partial charge on any atom is 0.167 e. The van der Waals surface area contributed by atoms with Crippen LogP contribution in [0.25, 0.3) is 11.3 Å². The minimum Gasteiger partial charge on any atom is -0.493 e. The number of pyridine rings is 1. The largest absolute Gasteiger partial charge is 0.493 e. The van der Waals surface area contributed by atoms with Crippen molar-refractivity contribution in [3.8, 4) is 28.5 Å². The second-order valence-electron chi connectivity index (χ2n) is 10.00. The summed E-state index contributed by atoms with van der Waals surface area (Å²) in [7, 11) is 1.45. The van der Waals surface area contributed by atoms with Gasteiger partial charge in [-0.2, -0.15) is 0 Å². The lowest BCUT2D eigenvalue weighted by Gasteiger charge is -2.25. The molecule has 0 aliphatic carbocycles. The van der Waals surface area contributed by atoms with E-state index in [1.807, 2.05) is 6.92 Å². The molecule has 38 heavy (non-hydrogen) atoms. The highest BCUT2D eigenvalue weighted by atomic mass is 19.1. The fraction of sp³-hybridized carbons (Fsp3) is 0.345. The second kappa shape index (κ2) is 10.5. The Bertz CT molecular complexity index is 1370. The molecular weight excluding hydrogens is 491 g/mol. The molecule has 2 atom stereocenters. The minimum absolute atomic E-state index is 0.0187. The Morgan fingerprint density at radius 3 is 2.55 bits per heavy atom. The van der Waals surface area contributed by atoms with Crippen LogP contribution >= 0.6 is 0 Å². The number of halogens is 1. The number of nitrogens with two attached hydrogens (primary N) is 1. The molecule has 1 aromatic heterocycles. The Kier molecular flexibility index (Phi) is 7.53. The third-order valence-electron chi connectivity index (χ3n) is 6.53. The monoisotopic (exact) mass is 522 g/mol. The SMILES string of the molecule is COc1cc(C(=O)CC[C@@](C)(O)c2cc3c(c(-c4ccc(F)cc4)n2)OC[C@@]3(C)N)ccc1OCC(C)=O. The molecule has 1 aliphatic heterocycles. The zero-order valence-electron chi connectivity index (χ0n) is 21.8. The maximum atomic E-state index is 13.6. The third-order valence-corrected chi connectivity index (χ3v) is 6.53. The number of ketones is 2. The normalized spacial score (nSPS) is 17.8. The van der Waals surface area contributed by atoms with Crippen molar-refractivity contribution in [1.29, 1.82) is 0 Å². The molecule has 3 aromatic rings. The van der Waals surface area contributed by atoms with Crippen LogP contribution in [-0.4, -0.2) is 42.0 Å². The van der Waals surface area contributed by atoms with Gasteiger partial charge in [0, 0.05) is 23.1 Å². The Morgan fingerprint density at radius 1 is 1.18 bits per heavy atom. The highest BCUT2D eigenvalue weighted by Gasteiger charge is 2.38. The number of fused-ring (bicyclic) bond motifs is 1. The summed E-state index contributed by atoms with van der Waals surface area (Å²) in [5.74, 6) is 0.444. The number of hydrogen-bond donors (Lipinski definition) is 2. The molecule has 0 spiro atoms. The van der Waals surface area contributed by atoms with Gasteiger partial charge in [0.1, 0.15) is 30.3 Å². The summed E-state index contributed by atoms with van der Waals surface area (Å²) in [6, 6.07) is 12.3. The summed E-state index contributed by atoms with van der Waals surface area (Å²) in [6.45, 7) is 4.96. The first-order chi connectivity index (χ1) is 17.9. The molecular formula is C29H31FN2O6. The van der Waals surface area contributed by atoms with E-state index < -0.39 is 11.1 Å². The van der Waals surface area contributed by atoms with Crippen LogP contribution in [0.2, 0.25) is 0 Å². The van der Waals surface area contributed by atoms with Gasteiger partial charge in [0.25, 0.3) is 0 Å². The predicted octanol–water partition coefficient (Wildman–Crippen LogP) is 4.30. The summed E-state index contributed by atoms with van der Waals surface area (Å²) >= 11 is 0. The molecule has 200 valence electrons. The van der Waals surface area contributed by atoms with Gasteiger partial charge in [-0.1, -0.05) is 0 Å². The van der Waals surface area contributed by atoms with Gasteiger partial charge < -0.3 is 25.1 Å². The van der Waals surface area contributed by atoms with Crippen molar-refractivity contribution in [2.45, 2.75) is 44.8 Å². The van der Waals surface area contributed by atoms with Gasteiger partial charge in [-0.05, 0) is 75.7 Å². The molecule has 0 amide bonds. The smallest absolute Gasteiger partial charge is 0.167 e. The molecule has 0 saturated heterocycles. The molecule has 2 heterocycles. The number of Topliss-reactive ketones (excluding diaryl/α,β-unsaturated/α-hetero) is 2. The highest BCUT2D eigenvalue weighted by Crippen LogP contribution is 2.44. The van der Waals surface area contributed by atoms with Crippen molar-refractivity contribution in [3.63, 3.8) is 0 Å². The van der Waals surface area contributed by atoms with E-state index in [0.717, 1.165) is 0 Å². The van der Waals surface area contributed by atoms with Gasteiger partial charge in [-0.15, -0.1) is 0 Å². The minimum atomic E-state index is -1.48. The standard InChI is InChI=1S/C29H31FN2O6/c1-17(33)15-37-23-10-7-19(13-24(23)36-4)22(34)11-12-29(3,35)25-14-21-27(38-16-28(21,2)31)26(32-25)18-5-8-20(30)9-6-18/h5-10,13-14,35H,11-12,15-16,31H2,1-4H3/t28-,29-/m1/s1. The number of nitrogens with zero attached hydrogens (tertiary/aromatic N) is 1. The summed E-state index contributed by atoms with van der Waals surface area (Å²) in [4.78, 5) is 28.9. The first kappa shape index (κ1) is 27.2. The van der Waals surface area contributed by atoms with Crippen molar-refractivity contribution in [1.82, 2.24) is 4.98 Å². The number of carbonyl (C=O) groups excluding carboxylic acids is 2. The first-order valence-electron chi connectivity index (χ1n) is 12.2. The Morgan fingerprint density at radius 2 is 1.89 bits per heavy atom. The predicted molar refractivity (Wildman–Crippen MR) is 139 cm³/mol. The van der Waals surface area contributed by atoms with E-state index in [4.69, 9.17) is 19.9 Å². The summed E-state index contributed by atoms with van der Waals surface area (Å²) in [5.41, 5.74) is 6.63. The molecule has 0 fully saturated rings. The average molecular weight is 523 g/mol. The first-order valence-corrected chi connectivity index (χ1v) is 12.2. The van der Waals surface area contributed by atoms with Crippen molar-refractivity contribution in [2.75, 3.05) is 20.3 Å². The fourth-order valence-electron chi connectivity index (χ4n) is 4.25. The number of carbonyl (C=O) groups is 2. The van der Waals surface area contributed by atoms with Crippen molar-refractivity contribution < 1.29 is 33.3 Å². The summed E-state index contributed by atoms with van der Waals surface area (Å²) < 4.78 is 30.2. The Hall–Kier alpha value is -3.82. The molecule has 0 saturated carbocycles. The van der Waals surface area contributed by atoms with Gasteiger partial charge >= 0.3 is 0 Å². The molecule has 2 aromatic carbocycles. The van der Waals surface area contributed by atoms with E-state index in [-0.39, 0.29) is 43.4 Å². The van der Waals surface area contributed by atoms with Crippen molar-refractivity contribution in [3.05, 3.63) is 71.2 Å². The van der Waals surface area contributed by atoms with Gasteiger partial charge in [-0.25, -0.2) is 9.37 Å². The molecule has 3 N–H and O–H groups in total. The zero-order valence-corrected chi connectivity index (χ0v) is 21.8. The van der Waals surface area contributed by atoms with Gasteiger partial charge in [0.2, 0.25) is 0 Å². The van der Waals surface area contributed by atoms with E-state index >= 15 is 0 Å². The van der Waals surface area contributed by atoms with Crippen LogP contribution in [0.15, 0.2) is 48.5 Å². The van der Waals surface area contributed by atoms with Gasteiger partial charge in [0.05, 0.1) is 18.3 Å². The van der Waals surface area contributed by atoms with Crippen LogP contribution in [-0.2, 0) is 15.9 Å². The van der Waals surface area contributed by atoms with E-state index in [0.29, 0.717) is 45.3 Å². The number of benzene rings is 2. The number of hydrogen-bond acceptors (Lipinski definition) is 8. The Balaban J connectivity index is 1.59. The number of aliphatic hydroxyl groups is 1. The van der Waals surface area contributed by atoms with E-state index in [9.17, 15) is 19.1 Å². The number of ether oxygens (including phenoxy) is 3. The van der Waals surface area contributed by atoms with Gasteiger partial charge in [-0.3, -0.25) is 9.59 Å². The average Bonchev–Trinajstić information content (AvgIpc) is 3.20. The molecule has 9 heteroatoms. The van der Waals surface area contributed by atoms with Crippen molar-refractivity contribution in [2.24, 2.45) is 5.73 Å². The quantitative estimate of drug-likeness (QED) is 0.378. The zero-order chi connectivity index (χ0) is 27.7. The molecule has 8 nitrogen and oxygen atoms in total. The lowest BCUT2D eigenvalue weighted by atomic mass is 9.88. The molecule has 0 bridgehead atoms. The van der Waals surface area contributed by atoms with Crippen LogP contribution in [0.4, 0.5) is 4.39 Å². The molecule has 1 aliphatic rings.